The molecule has 3 heteroatoms. The molecule has 1 aromatic carbocycles. The van der Waals surface area contributed by atoms with Crippen molar-refractivity contribution >= 4 is 24.6 Å². The Morgan fingerprint density at radius 1 is 1.38 bits per heavy atom. The van der Waals surface area contributed by atoms with Crippen LogP contribution in [-0.4, -0.2) is 6.04 Å². The van der Waals surface area contributed by atoms with Crippen LogP contribution in [0.2, 0.25) is 0 Å². The summed E-state index contributed by atoms with van der Waals surface area (Å²) >= 11 is 4.28. The van der Waals surface area contributed by atoms with Crippen molar-refractivity contribution in [3.8, 4) is 6.07 Å². The number of nitrogens with zero attached hydrogens (tertiary/aromatic N) is 2. The number of hydrogen-bond acceptors (Lipinski definition) is 3. The van der Waals surface area contributed by atoms with Gasteiger partial charge in [0.15, 0.2) is 0 Å². The van der Waals surface area contributed by atoms with E-state index < -0.39 is 0 Å². The molecule has 1 aliphatic rings. The molecule has 64 valence electrons. The van der Waals surface area contributed by atoms with Crippen LogP contribution < -0.4 is 4.31 Å². The van der Waals surface area contributed by atoms with Crippen molar-refractivity contribution in [2.75, 3.05) is 4.31 Å². The van der Waals surface area contributed by atoms with Gasteiger partial charge in [0.25, 0.3) is 0 Å². The Labute approximate surface area is 82.6 Å². The number of benzene rings is 1. The molecule has 0 N–H and O–H groups in total. The molecule has 0 bridgehead atoms. The molecule has 0 spiro atoms. The molecule has 0 aliphatic carbocycles. The third-order valence-corrected chi connectivity index (χ3v) is 2.50. The summed E-state index contributed by atoms with van der Waals surface area (Å²) in [7, 11) is 0. The van der Waals surface area contributed by atoms with E-state index in [0.29, 0.717) is 0 Å². The smallest absolute Gasteiger partial charge is 0.145 e. The molecule has 0 radical (unpaired) electrons. The normalized spacial score (nSPS) is 19.4. The van der Waals surface area contributed by atoms with Crippen molar-refractivity contribution in [2.45, 2.75) is 6.04 Å². The number of thiol groups is 1. The van der Waals surface area contributed by atoms with E-state index in [2.05, 4.69) is 18.9 Å². The van der Waals surface area contributed by atoms with Crippen LogP contribution in [0.1, 0.15) is 5.56 Å². The van der Waals surface area contributed by atoms with Gasteiger partial charge in [-0.2, -0.15) is 5.26 Å². The zero-order chi connectivity index (χ0) is 9.26. The van der Waals surface area contributed by atoms with Crippen LogP contribution in [0, 0.1) is 11.3 Å². The average molecular weight is 188 g/mol. The first kappa shape index (κ1) is 8.21. The molecular weight excluding hydrogens is 180 g/mol. The molecule has 0 aromatic heterocycles. The van der Waals surface area contributed by atoms with E-state index in [1.54, 1.807) is 4.31 Å². The van der Waals surface area contributed by atoms with Gasteiger partial charge in [0.2, 0.25) is 0 Å². The lowest BCUT2D eigenvalue weighted by Crippen LogP contribution is -2.25. The topological polar surface area (TPSA) is 27.0 Å². The summed E-state index contributed by atoms with van der Waals surface area (Å²) in [5.41, 5.74) is 2.09. The van der Waals surface area contributed by atoms with Gasteiger partial charge in [0.05, 0.1) is 11.8 Å². The number of anilines is 1. The Balaban J connectivity index is 2.49. The van der Waals surface area contributed by atoms with Crippen LogP contribution in [0.15, 0.2) is 30.3 Å². The van der Waals surface area contributed by atoms with E-state index in [1.165, 1.54) is 0 Å². The zero-order valence-electron chi connectivity index (χ0n) is 6.88. The monoisotopic (exact) mass is 188 g/mol. The first-order valence-corrected chi connectivity index (χ1v) is 4.38. The maximum atomic E-state index is 8.80. The molecule has 1 atom stereocenters. The van der Waals surface area contributed by atoms with Gasteiger partial charge in [0, 0.05) is 0 Å². The highest BCUT2D eigenvalue weighted by atomic mass is 32.1. The second-order valence-electron chi connectivity index (χ2n) is 2.84. The lowest BCUT2D eigenvalue weighted by Gasteiger charge is -2.25. The summed E-state index contributed by atoms with van der Waals surface area (Å²) in [5.74, 6) is 0. The maximum Gasteiger partial charge on any atom is 0.145 e. The Hall–Kier alpha value is -1.40. The number of nitriles is 1. The summed E-state index contributed by atoms with van der Waals surface area (Å²) < 4.78 is 1.68. The highest BCUT2D eigenvalue weighted by Crippen LogP contribution is 2.29. The van der Waals surface area contributed by atoms with E-state index in [-0.39, 0.29) is 6.04 Å². The second kappa shape index (κ2) is 3.15. The number of para-hydroxylation sites is 1. The van der Waals surface area contributed by atoms with Crippen LogP contribution in [0.3, 0.4) is 0 Å². The average Bonchev–Trinajstić information content (AvgIpc) is 2.19. The van der Waals surface area contributed by atoms with Crippen molar-refractivity contribution in [3.63, 3.8) is 0 Å². The largest absolute Gasteiger partial charge is 0.297 e. The molecule has 2 nitrogen and oxygen atoms in total. The van der Waals surface area contributed by atoms with Gasteiger partial charge in [-0.1, -0.05) is 37.1 Å². The molecule has 1 heterocycles. The number of hydrogen-bond donors (Lipinski definition) is 1. The van der Waals surface area contributed by atoms with Crippen LogP contribution >= 0.6 is 12.8 Å². The van der Waals surface area contributed by atoms with Crippen molar-refractivity contribution in [1.82, 2.24) is 0 Å². The van der Waals surface area contributed by atoms with E-state index in [0.717, 1.165) is 11.3 Å². The fraction of sp³-hybridized carbons (Fsp3) is 0.100. The summed E-state index contributed by atoms with van der Waals surface area (Å²) in [6, 6.07) is 9.76. The first-order chi connectivity index (χ1) is 6.33. The minimum absolute atomic E-state index is 0.266. The van der Waals surface area contributed by atoms with E-state index in [1.807, 2.05) is 36.4 Å². The molecule has 1 aromatic rings. The molecule has 0 saturated carbocycles. The first-order valence-electron chi connectivity index (χ1n) is 3.98. The third-order valence-electron chi connectivity index (χ3n) is 2.04. The molecule has 0 fully saturated rings. The van der Waals surface area contributed by atoms with Gasteiger partial charge < -0.3 is 0 Å². The predicted octanol–water partition coefficient (Wildman–Crippen LogP) is 2.26. The summed E-state index contributed by atoms with van der Waals surface area (Å²) in [5, 5.41) is 8.80. The van der Waals surface area contributed by atoms with Crippen LogP contribution in [0.25, 0.3) is 6.08 Å². The van der Waals surface area contributed by atoms with Gasteiger partial charge in [-0.05, 0) is 17.7 Å². The lowest BCUT2D eigenvalue weighted by molar-refractivity contribution is 1.03. The molecule has 13 heavy (non-hydrogen) atoms. The van der Waals surface area contributed by atoms with Crippen molar-refractivity contribution in [3.05, 3.63) is 35.9 Å². The van der Waals surface area contributed by atoms with Crippen LogP contribution in [0.5, 0.6) is 0 Å². The van der Waals surface area contributed by atoms with Crippen molar-refractivity contribution < 1.29 is 0 Å². The summed E-state index contributed by atoms with van der Waals surface area (Å²) in [6.07, 6.45) is 3.80. The van der Waals surface area contributed by atoms with Crippen LogP contribution in [-0.2, 0) is 0 Å². The lowest BCUT2D eigenvalue weighted by atomic mass is 10.1. The fourth-order valence-electron chi connectivity index (χ4n) is 1.36. The highest BCUT2D eigenvalue weighted by Gasteiger charge is 2.18. The van der Waals surface area contributed by atoms with E-state index in [4.69, 9.17) is 5.26 Å². The predicted molar refractivity (Wildman–Crippen MR) is 56.3 cm³/mol. The molecular formula is C10H8N2S. The molecule has 2 rings (SSSR count). The minimum atomic E-state index is -0.266. The van der Waals surface area contributed by atoms with Gasteiger partial charge >= 0.3 is 0 Å². The van der Waals surface area contributed by atoms with E-state index >= 15 is 0 Å². The highest BCUT2D eigenvalue weighted by molar-refractivity contribution is 7.81. The molecule has 1 unspecified atom stereocenters. The molecule has 0 saturated heterocycles. The van der Waals surface area contributed by atoms with E-state index in [9.17, 15) is 0 Å². The van der Waals surface area contributed by atoms with Crippen molar-refractivity contribution in [1.29, 1.82) is 5.26 Å². The Morgan fingerprint density at radius 2 is 2.15 bits per heavy atom. The Bertz CT molecular complexity index is 392. The SMILES string of the molecule is N#CC1C=Cc2ccccc2N1S. The van der Waals surface area contributed by atoms with Crippen LogP contribution in [0.4, 0.5) is 5.69 Å². The van der Waals surface area contributed by atoms with Gasteiger partial charge in [-0.25, -0.2) is 0 Å². The fourth-order valence-corrected chi connectivity index (χ4v) is 1.67. The van der Waals surface area contributed by atoms with Gasteiger partial charge in [0.1, 0.15) is 6.04 Å². The van der Waals surface area contributed by atoms with Crippen molar-refractivity contribution in [2.24, 2.45) is 0 Å². The second-order valence-corrected chi connectivity index (χ2v) is 3.27. The van der Waals surface area contributed by atoms with Gasteiger partial charge in [-0.3, -0.25) is 4.31 Å². The Morgan fingerprint density at radius 3 is 2.92 bits per heavy atom. The molecule has 1 aliphatic heterocycles. The quantitative estimate of drug-likeness (QED) is 0.632. The number of rotatable bonds is 0. The van der Waals surface area contributed by atoms with Gasteiger partial charge in [-0.15, -0.1) is 0 Å². The zero-order valence-corrected chi connectivity index (χ0v) is 7.78. The number of fused-ring (bicyclic) bond motifs is 1. The summed E-state index contributed by atoms with van der Waals surface area (Å²) in [6.45, 7) is 0. The molecule has 0 amide bonds. The minimum Gasteiger partial charge on any atom is -0.297 e. The Kier molecular flexibility index (Phi) is 1.99. The maximum absolute atomic E-state index is 8.80. The summed E-state index contributed by atoms with van der Waals surface area (Å²) in [4.78, 5) is 0. The third kappa shape index (κ3) is 1.30. The standard InChI is InChI=1S/C10H8N2S/c11-7-9-6-5-8-3-1-2-4-10(8)12(9)13/h1-6,9,13H.